The highest BCUT2D eigenvalue weighted by Gasteiger charge is 2.20. The lowest BCUT2D eigenvalue weighted by atomic mass is 10.0. The van der Waals surface area contributed by atoms with Crippen molar-refractivity contribution in [3.8, 4) is 44.6 Å². The molecule has 1 unspecified atom stereocenters. The zero-order valence-electron chi connectivity index (χ0n) is 20.3. The van der Waals surface area contributed by atoms with Gasteiger partial charge < -0.3 is 30.0 Å². The van der Waals surface area contributed by atoms with E-state index in [-0.39, 0.29) is 24.3 Å². The molecule has 3 rings (SSSR count). The number of nitrogens with two attached hydrogens (primary N) is 1. The standard InChI is InChI=1S/C25H31N3O5S/c1-14(2)18(26)12-23(29)28-19-9-15(7-8-20(19)30-3)17-13-27-34-25(17)16-10-21(31-4)24(33-6)22(11-16)32-5/h7-11,13-14,18H,12,26H2,1-6H3,(H,28,29). The first kappa shape index (κ1) is 25.3. The van der Waals surface area contributed by atoms with Crippen molar-refractivity contribution in [2.24, 2.45) is 11.7 Å². The topological polar surface area (TPSA) is 105 Å². The van der Waals surface area contributed by atoms with E-state index in [0.717, 1.165) is 21.6 Å². The summed E-state index contributed by atoms with van der Waals surface area (Å²) in [5.74, 6) is 2.24. The molecular weight excluding hydrogens is 454 g/mol. The van der Waals surface area contributed by atoms with Gasteiger partial charge in [0.2, 0.25) is 11.7 Å². The molecule has 0 radical (unpaired) electrons. The van der Waals surface area contributed by atoms with Crippen LogP contribution in [0.2, 0.25) is 0 Å². The molecule has 34 heavy (non-hydrogen) atoms. The molecule has 0 spiro atoms. The van der Waals surface area contributed by atoms with Gasteiger partial charge in [-0.15, -0.1) is 0 Å². The molecule has 1 amide bonds. The van der Waals surface area contributed by atoms with Crippen LogP contribution in [0.5, 0.6) is 23.0 Å². The van der Waals surface area contributed by atoms with Gasteiger partial charge in [-0.2, -0.15) is 4.37 Å². The van der Waals surface area contributed by atoms with Crippen LogP contribution in [0, 0.1) is 5.92 Å². The minimum atomic E-state index is -0.220. The van der Waals surface area contributed by atoms with Crippen LogP contribution in [0.4, 0.5) is 5.69 Å². The molecule has 0 saturated heterocycles. The number of aromatic nitrogens is 1. The van der Waals surface area contributed by atoms with Crippen LogP contribution >= 0.6 is 11.5 Å². The van der Waals surface area contributed by atoms with Crippen molar-refractivity contribution in [2.45, 2.75) is 26.3 Å². The molecule has 1 atom stereocenters. The second-order valence-corrected chi connectivity index (χ2v) is 8.86. The fraction of sp³-hybridized carbons (Fsp3) is 0.360. The fourth-order valence-corrected chi connectivity index (χ4v) is 4.25. The molecule has 0 fully saturated rings. The predicted octanol–water partition coefficient (Wildman–Crippen LogP) is 4.82. The molecule has 1 aromatic heterocycles. The maximum Gasteiger partial charge on any atom is 0.226 e. The molecule has 0 aliphatic heterocycles. The van der Waals surface area contributed by atoms with Crippen molar-refractivity contribution >= 4 is 23.1 Å². The maximum atomic E-state index is 12.6. The average Bonchev–Trinajstić information content (AvgIpc) is 3.32. The number of methoxy groups -OCH3 is 4. The van der Waals surface area contributed by atoms with Gasteiger partial charge in [-0.1, -0.05) is 19.9 Å². The van der Waals surface area contributed by atoms with E-state index in [4.69, 9.17) is 24.7 Å². The number of hydrogen-bond donors (Lipinski definition) is 2. The second kappa shape index (κ2) is 11.2. The van der Waals surface area contributed by atoms with Gasteiger partial charge in [-0.05, 0) is 47.3 Å². The molecule has 1 heterocycles. The van der Waals surface area contributed by atoms with Gasteiger partial charge in [-0.25, -0.2) is 0 Å². The number of ether oxygens (including phenoxy) is 4. The summed E-state index contributed by atoms with van der Waals surface area (Å²) < 4.78 is 26.3. The van der Waals surface area contributed by atoms with Crippen LogP contribution in [0.1, 0.15) is 20.3 Å². The Balaban J connectivity index is 2.00. The summed E-state index contributed by atoms with van der Waals surface area (Å²) in [6.07, 6.45) is 2.02. The molecule has 0 aliphatic rings. The summed E-state index contributed by atoms with van der Waals surface area (Å²) in [6.45, 7) is 3.99. The quantitative estimate of drug-likeness (QED) is 0.424. The van der Waals surface area contributed by atoms with Crippen LogP contribution in [0.15, 0.2) is 36.5 Å². The number of carbonyl (C=O) groups excluding carboxylic acids is 1. The smallest absolute Gasteiger partial charge is 0.226 e. The van der Waals surface area contributed by atoms with Crippen LogP contribution < -0.4 is 30.0 Å². The van der Waals surface area contributed by atoms with Gasteiger partial charge >= 0.3 is 0 Å². The number of rotatable bonds is 10. The summed E-state index contributed by atoms with van der Waals surface area (Å²) in [5.41, 5.74) is 9.29. The largest absolute Gasteiger partial charge is 0.495 e. The van der Waals surface area contributed by atoms with Gasteiger partial charge in [0, 0.05) is 29.8 Å². The Bertz CT molecular complexity index is 1120. The molecule has 8 nitrogen and oxygen atoms in total. The highest BCUT2D eigenvalue weighted by molar-refractivity contribution is 7.10. The Morgan fingerprint density at radius 1 is 0.971 bits per heavy atom. The highest BCUT2D eigenvalue weighted by Crippen LogP contribution is 2.45. The summed E-state index contributed by atoms with van der Waals surface area (Å²) in [5, 5.41) is 2.94. The van der Waals surface area contributed by atoms with E-state index < -0.39 is 0 Å². The predicted molar refractivity (Wildman–Crippen MR) is 135 cm³/mol. The van der Waals surface area contributed by atoms with E-state index >= 15 is 0 Å². The van der Waals surface area contributed by atoms with Crippen molar-refractivity contribution in [1.82, 2.24) is 4.37 Å². The van der Waals surface area contributed by atoms with Crippen LogP contribution in [-0.4, -0.2) is 44.8 Å². The summed E-state index contributed by atoms with van der Waals surface area (Å²) >= 11 is 1.35. The van der Waals surface area contributed by atoms with Gasteiger partial charge in [0.15, 0.2) is 11.5 Å². The second-order valence-electron chi connectivity index (χ2n) is 8.06. The van der Waals surface area contributed by atoms with E-state index in [9.17, 15) is 4.79 Å². The third kappa shape index (κ3) is 5.43. The Kier molecular flexibility index (Phi) is 8.36. The highest BCUT2D eigenvalue weighted by atomic mass is 32.1. The first-order valence-corrected chi connectivity index (χ1v) is 11.6. The van der Waals surface area contributed by atoms with E-state index in [1.54, 1.807) is 34.6 Å². The number of amides is 1. The number of carbonyl (C=O) groups is 1. The molecule has 9 heteroatoms. The molecule has 3 N–H and O–H groups in total. The number of benzene rings is 2. The number of nitrogens with one attached hydrogen (secondary N) is 1. The Morgan fingerprint density at radius 3 is 2.18 bits per heavy atom. The van der Waals surface area contributed by atoms with Crippen molar-refractivity contribution in [3.63, 3.8) is 0 Å². The Morgan fingerprint density at radius 2 is 1.62 bits per heavy atom. The van der Waals surface area contributed by atoms with E-state index in [1.165, 1.54) is 11.5 Å². The van der Waals surface area contributed by atoms with E-state index in [1.807, 2.05) is 44.2 Å². The summed E-state index contributed by atoms with van der Waals surface area (Å²) in [7, 11) is 6.30. The molecule has 0 aliphatic carbocycles. The van der Waals surface area contributed by atoms with E-state index in [2.05, 4.69) is 9.69 Å². The first-order chi connectivity index (χ1) is 16.3. The minimum absolute atomic E-state index is 0.162. The lowest BCUT2D eigenvalue weighted by molar-refractivity contribution is -0.116. The van der Waals surface area contributed by atoms with Crippen LogP contribution in [-0.2, 0) is 4.79 Å². The Hall–Kier alpha value is -3.30. The molecule has 0 saturated carbocycles. The zero-order valence-corrected chi connectivity index (χ0v) is 21.1. The third-order valence-electron chi connectivity index (χ3n) is 5.56. The average molecular weight is 486 g/mol. The normalized spacial score (nSPS) is 11.8. The lowest BCUT2D eigenvalue weighted by Gasteiger charge is -2.17. The third-order valence-corrected chi connectivity index (χ3v) is 6.41. The van der Waals surface area contributed by atoms with Crippen LogP contribution in [0.25, 0.3) is 21.6 Å². The van der Waals surface area contributed by atoms with Gasteiger partial charge in [0.25, 0.3) is 0 Å². The number of hydrogen-bond acceptors (Lipinski definition) is 8. The monoisotopic (exact) mass is 485 g/mol. The summed E-state index contributed by atoms with van der Waals surface area (Å²) in [4.78, 5) is 13.5. The number of nitrogens with zero attached hydrogens (tertiary/aromatic N) is 1. The zero-order chi connectivity index (χ0) is 24.8. The van der Waals surface area contributed by atoms with Gasteiger partial charge in [-0.3, -0.25) is 4.79 Å². The lowest BCUT2D eigenvalue weighted by Crippen LogP contribution is -2.31. The van der Waals surface area contributed by atoms with Gasteiger partial charge in [0.05, 0.1) is 39.0 Å². The maximum absolute atomic E-state index is 12.6. The Labute approximate surface area is 204 Å². The molecule has 0 bridgehead atoms. The van der Waals surface area contributed by atoms with Crippen molar-refractivity contribution < 1.29 is 23.7 Å². The summed E-state index contributed by atoms with van der Waals surface area (Å²) in [6, 6.07) is 9.18. The molecule has 3 aromatic rings. The van der Waals surface area contributed by atoms with Crippen LogP contribution in [0.3, 0.4) is 0 Å². The molecule has 2 aromatic carbocycles. The fourth-order valence-electron chi connectivity index (χ4n) is 3.49. The van der Waals surface area contributed by atoms with Gasteiger partial charge in [0.1, 0.15) is 5.75 Å². The molecular formula is C25H31N3O5S. The SMILES string of the molecule is COc1ccc(-c2cnsc2-c2cc(OC)c(OC)c(OC)c2)cc1NC(=O)CC(N)C(C)C. The van der Waals surface area contributed by atoms with Crippen molar-refractivity contribution in [3.05, 3.63) is 36.5 Å². The molecule has 182 valence electrons. The van der Waals surface area contributed by atoms with Crippen molar-refractivity contribution in [1.29, 1.82) is 0 Å². The number of anilines is 1. The van der Waals surface area contributed by atoms with E-state index in [0.29, 0.717) is 28.7 Å². The minimum Gasteiger partial charge on any atom is -0.495 e. The first-order valence-electron chi connectivity index (χ1n) is 10.8. The van der Waals surface area contributed by atoms with Crippen molar-refractivity contribution in [2.75, 3.05) is 33.8 Å².